The standard InChI is InChI=1S/C16H20N2O/c17-12-14-7-3-9-15(11-14)16(19)18-10-4-8-13-5-1-2-6-13/h3,7,9,11,13H,1-2,4-6,8,10H2,(H,18,19). The Hall–Kier alpha value is -1.82. The molecule has 1 fully saturated rings. The van der Waals surface area contributed by atoms with Crippen molar-refractivity contribution in [2.24, 2.45) is 5.92 Å². The highest BCUT2D eigenvalue weighted by atomic mass is 16.1. The lowest BCUT2D eigenvalue weighted by atomic mass is 10.0. The molecule has 0 unspecified atom stereocenters. The summed E-state index contributed by atoms with van der Waals surface area (Å²) in [6, 6.07) is 8.87. The van der Waals surface area contributed by atoms with E-state index >= 15 is 0 Å². The number of nitrogens with zero attached hydrogens (tertiary/aromatic N) is 1. The van der Waals surface area contributed by atoms with Crippen LogP contribution in [-0.2, 0) is 0 Å². The number of amides is 1. The molecule has 0 radical (unpaired) electrons. The molecule has 100 valence electrons. The molecule has 2 rings (SSSR count). The molecule has 0 heterocycles. The average Bonchev–Trinajstić information content (AvgIpc) is 2.96. The van der Waals surface area contributed by atoms with Gasteiger partial charge in [0.05, 0.1) is 11.6 Å². The van der Waals surface area contributed by atoms with Gasteiger partial charge in [-0.15, -0.1) is 0 Å². The van der Waals surface area contributed by atoms with Crippen LogP contribution < -0.4 is 5.32 Å². The quantitative estimate of drug-likeness (QED) is 0.822. The summed E-state index contributed by atoms with van der Waals surface area (Å²) in [4.78, 5) is 11.9. The van der Waals surface area contributed by atoms with Gasteiger partial charge >= 0.3 is 0 Å². The molecule has 1 aliphatic carbocycles. The van der Waals surface area contributed by atoms with Crippen molar-refractivity contribution in [1.82, 2.24) is 5.32 Å². The Balaban J connectivity index is 1.73. The first-order valence-corrected chi connectivity index (χ1v) is 7.08. The fourth-order valence-electron chi connectivity index (χ4n) is 2.72. The maximum absolute atomic E-state index is 11.9. The molecule has 19 heavy (non-hydrogen) atoms. The third-order valence-electron chi connectivity index (χ3n) is 3.80. The first-order chi connectivity index (χ1) is 9.29. The van der Waals surface area contributed by atoms with E-state index < -0.39 is 0 Å². The van der Waals surface area contributed by atoms with Crippen molar-refractivity contribution >= 4 is 5.91 Å². The lowest BCUT2D eigenvalue weighted by Gasteiger charge is -2.09. The minimum atomic E-state index is -0.0801. The van der Waals surface area contributed by atoms with E-state index in [9.17, 15) is 4.79 Å². The first kappa shape index (κ1) is 13.6. The Labute approximate surface area is 114 Å². The summed E-state index contributed by atoms with van der Waals surface area (Å²) in [7, 11) is 0. The average molecular weight is 256 g/mol. The van der Waals surface area contributed by atoms with Crippen LogP contribution in [0.3, 0.4) is 0 Å². The number of benzene rings is 1. The number of hydrogen-bond donors (Lipinski definition) is 1. The highest BCUT2D eigenvalue weighted by Gasteiger charge is 2.14. The van der Waals surface area contributed by atoms with Crippen molar-refractivity contribution in [2.45, 2.75) is 38.5 Å². The van der Waals surface area contributed by atoms with Crippen LogP contribution in [0.5, 0.6) is 0 Å². The normalized spacial score (nSPS) is 15.1. The molecular formula is C16H20N2O. The van der Waals surface area contributed by atoms with E-state index in [1.807, 2.05) is 6.07 Å². The molecule has 3 heteroatoms. The van der Waals surface area contributed by atoms with Crippen LogP contribution in [0.15, 0.2) is 24.3 Å². The lowest BCUT2D eigenvalue weighted by molar-refractivity contribution is 0.0952. The van der Waals surface area contributed by atoms with Crippen LogP contribution in [0.25, 0.3) is 0 Å². The van der Waals surface area contributed by atoms with Crippen molar-refractivity contribution in [1.29, 1.82) is 5.26 Å². The van der Waals surface area contributed by atoms with E-state index in [1.54, 1.807) is 24.3 Å². The molecule has 1 aliphatic rings. The molecule has 1 saturated carbocycles. The van der Waals surface area contributed by atoms with Gasteiger partial charge in [-0.25, -0.2) is 0 Å². The van der Waals surface area contributed by atoms with Gasteiger partial charge in [0.15, 0.2) is 0 Å². The van der Waals surface area contributed by atoms with Gasteiger partial charge in [0.25, 0.3) is 5.91 Å². The fourth-order valence-corrected chi connectivity index (χ4v) is 2.72. The molecule has 1 amide bonds. The second-order valence-corrected chi connectivity index (χ2v) is 5.24. The maximum atomic E-state index is 11.9. The zero-order valence-electron chi connectivity index (χ0n) is 11.2. The summed E-state index contributed by atoms with van der Waals surface area (Å²) >= 11 is 0. The van der Waals surface area contributed by atoms with Crippen molar-refractivity contribution in [3.05, 3.63) is 35.4 Å². The van der Waals surface area contributed by atoms with Gasteiger partial charge < -0.3 is 5.32 Å². The largest absolute Gasteiger partial charge is 0.352 e. The predicted octanol–water partition coefficient (Wildman–Crippen LogP) is 3.26. The Morgan fingerprint density at radius 3 is 2.89 bits per heavy atom. The highest BCUT2D eigenvalue weighted by molar-refractivity contribution is 5.94. The van der Waals surface area contributed by atoms with E-state index in [-0.39, 0.29) is 5.91 Å². The van der Waals surface area contributed by atoms with E-state index in [4.69, 9.17) is 5.26 Å². The molecule has 1 aromatic carbocycles. The Kier molecular flexibility index (Phi) is 4.97. The SMILES string of the molecule is N#Cc1cccc(C(=O)NCCCC2CCCC2)c1. The summed E-state index contributed by atoms with van der Waals surface area (Å²) in [5.41, 5.74) is 1.10. The Morgan fingerprint density at radius 2 is 2.16 bits per heavy atom. The Morgan fingerprint density at radius 1 is 1.37 bits per heavy atom. The van der Waals surface area contributed by atoms with Gasteiger partial charge in [0.1, 0.15) is 0 Å². The van der Waals surface area contributed by atoms with E-state index in [0.29, 0.717) is 11.1 Å². The predicted molar refractivity (Wildman–Crippen MR) is 74.7 cm³/mol. The monoisotopic (exact) mass is 256 g/mol. The van der Waals surface area contributed by atoms with Crippen molar-refractivity contribution in [2.75, 3.05) is 6.54 Å². The summed E-state index contributed by atoms with van der Waals surface area (Å²) < 4.78 is 0. The number of carbonyl (C=O) groups excluding carboxylic acids is 1. The van der Waals surface area contributed by atoms with Gasteiger partial charge in [-0.2, -0.15) is 5.26 Å². The Bertz CT molecular complexity index is 470. The van der Waals surface area contributed by atoms with Crippen LogP contribution in [0.4, 0.5) is 0 Å². The zero-order chi connectivity index (χ0) is 13.5. The second kappa shape index (κ2) is 6.94. The van der Waals surface area contributed by atoms with E-state index in [1.165, 1.54) is 32.1 Å². The molecule has 0 aliphatic heterocycles. The minimum Gasteiger partial charge on any atom is -0.352 e. The molecule has 0 bridgehead atoms. The van der Waals surface area contributed by atoms with Crippen LogP contribution >= 0.6 is 0 Å². The number of nitriles is 1. The smallest absolute Gasteiger partial charge is 0.251 e. The number of carbonyl (C=O) groups is 1. The highest BCUT2D eigenvalue weighted by Crippen LogP contribution is 2.28. The molecule has 0 atom stereocenters. The molecule has 1 aromatic rings. The van der Waals surface area contributed by atoms with Crippen LogP contribution in [0, 0.1) is 17.2 Å². The van der Waals surface area contributed by atoms with Crippen molar-refractivity contribution < 1.29 is 4.79 Å². The molecule has 1 N–H and O–H groups in total. The van der Waals surface area contributed by atoms with Crippen molar-refractivity contribution in [3.8, 4) is 6.07 Å². The first-order valence-electron chi connectivity index (χ1n) is 7.08. The topological polar surface area (TPSA) is 52.9 Å². The zero-order valence-corrected chi connectivity index (χ0v) is 11.2. The summed E-state index contributed by atoms with van der Waals surface area (Å²) in [6.45, 7) is 0.728. The number of nitrogens with one attached hydrogen (secondary N) is 1. The third-order valence-corrected chi connectivity index (χ3v) is 3.80. The second-order valence-electron chi connectivity index (χ2n) is 5.24. The van der Waals surface area contributed by atoms with Gasteiger partial charge in [-0.1, -0.05) is 31.7 Å². The van der Waals surface area contributed by atoms with Gasteiger partial charge in [-0.3, -0.25) is 4.79 Å². The maximum Gasteiger partial charge on any atom is 0.251 e. The van der Waals surface area contributed by atoms with Crippen LogP contribution in [-0.4, -0.2) is 12.5 Å². The van der Waals surface area contributed by atoms with Crippen LogP contribution in [0.2, 0.25) is 0 Å². The lowest BCUT2D eigenvalue weighted by Crippen LogP contribution is -2.24. The van der Waals surface area contributed by atoms with E-state index in [0.717, 1.165) is 18.9 Å². The minimum absolute atomic E-state index is 0.0801. The van der Waals surface area contributed by atoms with Gasteiger partial charge in [-0.05, 0) is 37.0 Å². The molecule has 0 saturated heterocycles. The molecule has 3 nitrogen and oxygen atoms in total. The van der Waals surface area contributed by atoms with Gasteiger partial charge in [0, 0.05) is 12.1 Å². The molecule has 0 aromatic heterocycles. The third kappa shape index (κ3) is 4.10. The summed E-state index contributed by atoms with van der Waals surface area (Å²) in [5.74, 6) is 0.794. The molecular weight excluding hydrogens is 236 g/mol. The molecule has 0 spiro atoms. The number of rotatable bonds is 5. The van der Waals surface area contributed by atoms with Gasteiger partial charge in [0.2, 0.25) is 0 Å². The van der Waals surface area contributed by atoms with Crippen molar-refractivity contribution in [3.63, 3.8) is 0 Å². The van der Waals surface area contributed by atoms with Crippen LogP contribution in [0.1, 0.15) is 54.4 Å². The summed E-state index contributed by atoms with van der Waals surface area (Å²) in [5, 5.41) is 11.7. The fraction of sp³-hybridized carbons (Fsp3) is 0.500. The number of hydrogen-bond acceptors (Lipinski definition) is 2. The summed E-state index contributed by atoms with van der Waals surface area (Å²) in [6.07, 6.45) is 7.74. The van der Waals surface area contributed by atoms with E-state index in [2.05, 4.69) is 5.32 Å².